The molecule has 180 valence electrons. The molecule has 0 aromatic carbocycles. The zero-order valence-corrected chi connectivity index (χ0v) is 20.6. The molecule has 0 fully saturated rings. The standard InChI is InChI=1S/C12H28N2.C12H26.CH6N2/c13-11-9-7-5-3-1-2-4-6-8-10-12-14;1-3-5-7-9-11-12-10-8-6-4-2;2-1-3/h1-14H2;3-12H2,1-2H3;1-3H2. The molecule has 0 rings (SSSR count). The SMILES string of the molecule is CCCCCCCCCCCC.NCCCCCCCCCCCCN.NCN. The average Bonchev–Trinajstić information content (AvgIpc) is 2.72. The van der Waals surface area contributed by atoms with Gasteiger partial charge in [-0.3, -0.25) is 0 Å². The second-order valence-corrected chi connectivity index (χ2v) is 8.18. The van der Waals surface area contributed by atoms with Crippen molar-refractivity contribution in [2.75, 3.05) is 19.8 Å². The Balaban J connectivity index is -0.000000414. The van der Waals surface area contributed by atoms with Crippen LogP contribution in [0.3, 0.4) is 0 Å². The molecule has 0 radical (unpaired) electrons. The van der Waals surface area contributed by atoms with Crippen molar-refractivity contribution in [1.82, 2.24) is 0 Å². The molecule has 4 nitrogen and oxygen atoms in total. The van der Waals surface area contributed by atoms with Crippen LogP contribution < -0.4 is 22.9 Å². The highest BCUT2D eigenvalue weighted by molar-refractivity contribution is 4.48. The average molecular weight is 417 g/mol. The first kappa shape index (κ1) is 33.5. The lowest BCUT2D eigenvalue weighted by Gasteiger charge is -2.01. The molecule has 0 saturated heterocycles. The van der Waals surface area contributed by atoms with Crippen LogP contribution in [0.15, 0.2) is 0 Å². The monoisotopic (exact) mass is 416 g/mol. The first-order valence-electron chi connectivity index (χ1n) is 13.0. The van der Waals surface area contributed by atoms with Gasteiger partial charge in [-0.25, -0.2) is 0 Å². The Morgan fingerprint density at radius 1 is 0.310 bits per heavy atom. The number of nitrogens with two attached hydrogens (primary N) is 4. The van der Waals surface area contributed by atoms with Crippen LogP contribution in [0.5, 0.6) is 0 Å². The normalized spacial score (nSPS) is 10.1. The molecule has 8 N–H and O–H groups in total. The Labute approximate surface area is 185 Å². The van der Waals surface area contributed by atoms with Crippen molar-refractivity contribution in [3.05, 3.63) is 0 Å². The summed E-state index contributed by atoms with van der Waals surface area (Å²) in [6.07, 6.45) is 27.9. The third-order valence-corrected chi connectivity index (χ3v) is 5.12. The second-order valence-electron chi connectivity index (χ2n) is 8.18. The maximum Gasteiger partial charge on any atom is 0.0403 e. The minimum absolute atomic E-state index is 0.250. The number of hydrogen-bond donors (Lipinski definition) is 4. The zero-order valence-electron chi connectivity index (χ0n) is 20.6. The fourth-order valence-electron chi connectivity index (χ4n) is 3.26. The highest BCUT2D eigenvalue weighted by Crippen LogP contribution is 2.10. The molecule has 0 atom stereocenters. The van der Waals surface area contributed by atoms with E-state index in [0.717, 1.165) is 13.1 Å². The first-order chi connectivity index (χ1) is 14.2. The van der Waals surface area contributed by atoms with Crippen LogP contribution in [0, 0.1) is 0 Å². The van der Waals surface area contributed by atoms with Crippen LogP contribution in [-0.2, 0) is 0 Å². The molecule has 0 bridgehead atoms. The third kappa shape index (κ3) is 47.2. The summed E-state index contributed by atoms with van der Waals surface area (Å²) < 4.78 is 0. The summed E-state index contributed by atoms with van der Waals surface area (Å²) in [5, 5.41) is 0. The third-order valence-electron chi connectivity index (χ3n) is 5.12. The lowest BCUT2D eigenvalue weighted by atomic mass is 10.1. The number of hydrogen-bond acceptors (Lipinski definition) is 4. The van der Waals surface area contributed by atoms with E-state index in [0.29, 0.717) is 0 Å². The van der Waals surface area contributed by atoms with E-state index in [1.807, 2.05) is 0 Å². The van der Waals surface area contributed by atoms with Gasteiger partial charge < -0.3 is 22.9 Å². The fraction of sp³-hybridized carbons (Fsp3) is 1.00. The van der Waals surface area contributed by atoms with Gasteiger partial charge in [-0.15, -0.1) is 0 Å². The van der Waals surface area contributed by atoms with E-state index in [4.69, 9.17) is 11.5 Å². The van der Waals surface area contributed by atoms with Gasteiger partial charge in [0.25, 0.3) is 0 Å². The highest BCUT2D eigenvalue weighted by atomic mass is 14.7. The lowest BCUT2D eigenvalue weighted by molar-refractivity contribution is 0.554. The molecular formula is C25H60N4. The van der Waals surface area contributed by atoms with E-state index in [9.17, 15) is 0 Å². The molecule has 0 saturated carbocycles. The van der Waals surface area contributed by atoms with E-state index in [-0.39, 0.29) is 6.67 Å². The molecule has 0 unspecified atom stereocenters. The van der Waals surface area contributed by atoms with Gasteiger partial charge in [-0.1, -0.05) is 129 Å². The molecule has 0 aliphatic heterocycles. The van der Waals surface area contributed by atoms with Gasteiger partial charge >= 0.3 is 0 Å². The molecule has 0 aromatic heterocycles. The van der Waals surface area contributed by atoms with Gasteiger partial charge in [0.05, 0.1) is 0 Å². The highest BCUT2D eigenvalue weighted by Gasteiger charge is 1.92. The van der Waals surface area contributed by atoms with Gasteiger partial charge in [0.2, 0.25) is 0 Å². The van der Waals surface area contributed by atoms with Crippen molar-refractivity contribution >= 4 is 0 Å². The Bertz CT molecular complexity index is 203. The quantitative estimate of drug-likeness (QED) is 0.133. The molecule has 0 aliphatic rings. The van der Waals surface area contributed by atoms with Crippen LogP contribution in [0.4, 0.5) is 0 Å². The summed E-state index contributed by atoms with van der Waals surface area (Å²) in [7, 11) is 0. The van der Waals surface area contributed by atoms with E-state index in [2.05, 4.69) is 25.3 Å². The van der Waals surface area contributed by atoms with Gasteiger partial charge in [0.15, 0.2) is 0 Å². The minimum Gasteiger partial charge on any atom is -0.330 e. The van der Waals surface area contributed by atoms with Gasteiger partial charge in [-0.05, 0) is 25.9 Å². The molecule has 0 heterocycles. The topological polar surface area (TPSA) is 104 Å². The molecule has 29 heavy (non-hydrogen) atoms. The summed E-state index contributed by atoms with van der Waals surface area (Å²) in [6.45, 7) is 6.53. The van der Waals surface area contributed by atoms with Gasteiger partial charge in [0.1, 0.15) is 0 Å². The molecular weight excluding hydrogens is 356 g/mol. The first-order valence-corrected chi connectivity index (χ1v) is 13.0. The summed E-state index contributed by atoms with van der Waals surface area (Å²) in [5.74, 6) is 0. The predicted octanol–water partition coefficient (Wildman–Crippen LogP) is 6.59. The van der Waals surface area contributed by atoms with Gasteiger partial charge in [0, 0.05) is 6.67 Å². The molecule has 0 aromatic rings. The maximum atomic E-state index is 5.43. The van der Waals surface area contributed by atoms with Crippen LogP contribution in [-0.4, -0.2) is 19.8 Å². The summed E-state index contributed by atoms with van der Waals surface area (Å²) in [6, 6.07) is 0. The number of unbranched alkanes of at least 4 members (excludes halogenated alkanes) is 18. The van der Waals surface area contributed by atoms with E-state index >= 15 is 0 Å². The molecule has 4 heteroatoms. The largest absolute Gasteiger partial charge is 0.330 e. The van der Waals surface area contributed by atoms with Crippen molar-refractivity contribution in [1.29, 1.82) is 0 Å². The molecule has 0 spiro atoms. The van der Waals surface area contributed by atoms with Crippen molar-refractivity contribution in [2.45, 2.75) is 142 Å². The van der Waals surface area contributed by atoms with Crippen molar-refractivity contribution in [3.8, 4) is 0 Å². The van der Waals surface area contributed by atoms with Crippen molar-refractivity contribution < 1.29 is 0 Å². The Morgan fingerprint density at radius 2 is 0.483 bits per heavy atom. The fourth-order valence-corrected chi connectivity index (χ4v) is 3.26. The van der Waals surface area contributed by atoms with Crippen LogP contribution in [0.25, 0.3) is 0 Å². The van der Waals surface area contributed by atoms with Crippen LogP contribution in [0.2, 0.25) is 0 Å². The second kappa shape index (κ2) is 38.4. The van der Waals surface area contributed by atoms with Crippen molar-refractivity contribution in [2.24, 2.45) is 22.9 Å². The maximum absolute atomic E-state index is 5.43. The smallest absolute Gasteiger partial charge is 0.0403 e. The summed E-state index contributed by atoms with van der Waals surface area (Å²) in [4.78, 5) is 0. The number of rotatable bonds is 20. The zero-order chi connectivity index (χ0) is 22.3. The summed E-state index contributed by atoms with van der Waals surface area (Å²) >= 11 is 0. The Kier molecular flexibility index (Phi) is 44.4. The van der Waals surface area contributed by atoms with E-state index < -0.39 is 0 Å². The Hall–Kier alpha value is -0.160. The van der Waals surface area contributed by atoms with Gasteiger partial charge in [-0.2, -0.15) is 0 Å². The van der Waals surface area contributed by atoms with E-state index in [1.165, 1.54) is 128 Å². The predicted molar refractivity (Wildman–Crippen MR) is 135 cm³/mol. The Morgan fingerprint density at radius 3 is 0.655 bits per heavy atom. The summed E-state index contributed by atoms with van der Waals surface area (Å²) in [5.41, 5.74) is 20.1. The lowest BCUT2D eigenvalue weighted by Crippen LogP contribution is -2.08. The van der Waals surface area contributed by atoms with Crippen molar-refractivity contribution in [3.63, 3.8) is 0 Å². The molecule has 0 aliphatic carbocycles. The van der Waals surface area contributed by atoms with E-state index in [1.54, 1.807) is 0 Å². The van der Waals surface area contributed by atoms with Crippen LogP contribution in [0.1, 0.15) is 142 Å². The molecule has 0 amide bonds. The minimum atomic E-state index is 0.250. The van der Waals surface area contributed by atoms with Crippen LogP contribution >= 0.6 is 0 Å².